The zero-order valence-electron chi connectivity index (χ0n) is 12.6. The van der Waals surface area contributed by atoms with E-state index in [0.717, 1.165) is 12.5 Å². The summed E-state index contributed by atoms with van der Waals surface area (Å²) in [5, 5.41) is 6.77. The van der Waals surface area contributed by atoms with Crippen LogP contribution in [0.4, 0.5) is 0 Å². The molecule has 0 spiro atoms. The van der Waals surface area contributed by atoms with Gasteiger partial charge >= 0.3 is 0 Å². The van der Waals surface area contributed by atoms with Gasteiger partial charge < -0.3 is 10.6 Å². The highest BCUT2D eigenvalue weighted by atomic mass is 16.1. The number of carbonyl (C=O) groups is 1. The Morgan fingerprint density at radius 2 is 1.95 bits per heavy atom. The molecule has 108 valence electrons. The van der Waals surface area contributed by atoms with Crippen molar-refractivity contribution < 1.29 is 4.79 Å². The van der Waals surface area contributed by atoms with Gasteiger partial charge in [-0.1, -0.05) is 20.8 Å². The molecule has 3 unspecified atom stereocenters. The quantitative estimate of drug-likeness (QED) is 0.801. The molecule has 3 nitrogen and oxygen atoms in total. The lowest BCUT2D eigenvalue weighted by molar-refractivity contribution is -0.123. The van der Waals surface area contributed by atoms with E-state index < -0.39 is 0 Å². The van der Waals surface area contributed by atoms with Gasteiger partial charge in [0.2, 0.25) is 5.91 Å². The fraction of sp³-hybridized carbons (Fsp3) is 0.938. The van der Waals surface area contributed by atoms with Gasteiger partial charge in [-0.2, -0.15) is 0 Å². The van der Waals surface area contributed by atoms with E-state index in [1.807, 2.05) is 0 Å². The maximum Gasteiger partial charge on any atom is 0.221 e. The summed E-state index contributed by atoms with van der Waals surface area (Å²) in [5.74, 6) is 1.03. The zero-order chi connectivity index (χ0) is 13.7. The molecule has 0 aromatic rings. The third kappa shape index (κ3) is 2.42. The molecule has 0 aromatic heterocycles. The van der Waals surface area contributed by atoms with E-state index in [-0.39, 0.29) is 11.3 Å². The van der Waals surface area contributed by atoms with Gasteiger partial charge in [-0.3, -0.25) is 4.79 Å². The van der Waals surface area contributed by atoms with Crippen molar-refractivity contribution in [2.24, 2.45) is 16.7 Å². The third-order valence-electron chi connectivity index (χ3n) is 5.94. The summed E-state index contributed by atoms with van der Waals surface area (Å²) in [6.07, 6.45) is 7.13. The molecular formula is C16H28N2O. The minimum Gasteiger partial charge on any atom is -0.352 e. The van der Waals surface area contributed by atoms with Crippen molar-refractivity contribution in [1.29, 1.82) is 0 Å². The second kappa shape index (κ2) is 4.47. The summed E-state index contributed by atoms with van der Waals surface area (Å²) < 4.78 is 0. The van der Waals surface area contributed by atoms with E-state index >= 15 is 0 Å². The van der Waals surface area contributed by atoms with Crippen LogP contribution in [0.1, 0.15) is 59.3 Å². The maximum atomic E-state index is 12.2. The van der Waals surface area contributed by atoms with Crippen molar-refractivity contribution in [2.75, 3.05) is 6.54 Å². The monoisotopic (exact) mass is 264 g/mol. The number of rotatable bonds is 5. The molecule has 3 heteroatoms. The van der Waals surface area contributed by atoms with Crippen LogP contribution in [0.15, 0.2) is 0 Å². The SMILES string of the molecule is CC12CCC(C1)C(C)(C)C2NC(=O)CCNC1CC1. The third-order valence-corrected chi connectivity index (χ3v) is 5.94. The van der Waals surface area contributed by atoms with Gasteiger partial charge in [0.15, 0.2) is 0 Å². The number of fused-ring (bicyclic) bond motifs is 2. The van der Waals surface area contributed by atoms with Crippen LogP contribution in [0.25, 0.3) is 0 Å². The summed E-state index contributed by atoms with van der Waals surface area (Å²) in [4.78, 5) is 12.2. The number of amides is 1. The molecular weight excluding hydrogens is 236 g/mol. The Bertz CT molecular complexity index is 370. The number of carbonyl (C=O) groups excluding carboxylic acids is 1. The van der Waals surface area contributed by atoms with Gasteiger partial charge in [-0.05, 0) is 48.9 Å². The van der Waals surface area contributed by atoms with Crippen molar-refractivity contribution in [2.45, 2.75) is 71.4 Å². The summed E-state index contributed by atoms with van der Waals surface area (Å²) in [7, 11) is 0. The number of hydrogen-bond donors (Lipinski definition) is 2. The number of nitrogens with one attached hydrogen (secondary N) is 2. The van der Waals surface area contributed by atoms with Gasteiger partial charge in [-0.15, -0.1) is 0 Å². The van der Waals surface area contributed by atoms with E-state index in [2.05, 4.69) is 31.4 Å². The molecule has 2 bridgehead atoms. The van der Waals surface area contributed by atoms with Crippen LogP contribution in [0.3, 0.4) is 0 Å². The first-order valence-electron chi connectivity index (χ1n) is 7.94. The van der Waals surface area contributed by atoms with E-state index in [1.165, 1.54) is 32.1 Å². The molecule has 2 N–H and O–H groups in total. The smallest absolute Gasteiger partial charge is 0.221 e. The topological polar surface area (TPSA) is 41.1 Å². The Balaban J connectivity index is 1.54. The predicted molar refractivity (Wildman–Crippen MR) is 76.8 cm³/mol. The minimum atomic E-state index is 0.236. The average molecular weight is 264 g/mol. The van der Waals surface area contributed by atoms with Crippen molar-refractivity contribution in [1.82, 2.24) is 10.6 Å². The summed E-state index contributed by atoms with van der Waals surface area (Å²) in [6.45, 7) is 7.89. The minimum absolute atomic E-state index is 0.236. The van der Waals surface area contributed by atoms with Crippen LogP contribution in [0.5, 0.6) is 0 Å². The molecule has 3 atom stereocenters. The second-order valence-electron chi connectivity index (χ2n) is 7.89. The molecule has 3 saturated carbocycles. The van der Waals surface area contributed by atoms with Crippen molar-refractivity contribution >= 4 is 5.91 Å². The molecule has 19 heavy (non-hydrogen) atoms. The van der Waals surface area contributed by atoms with Gasteiger partial charge in [-0.25, -0.2) is 0 Å². The lowest BCUT2D eigenvalue weighted by atomic mass is 9.68. The second-order valence-corrected chi connectivity index (χ2v) is 7.89. The largest absolute Gasteiger partial charge is 0.352 e. The first-order valence-corrected chi connectivity index (χ1v) is 7.94. The summed E-state index contributed by atoms with van der Waals surface area (Å²) in [6, 6.07) is 1.07. The Morgan fingerprint density at radius 3 is 2.53 bits per heavy atom. The van der Waals surface area contributed by atoms with Gasteiger partial charge in [0.1, 0.15) is 0 Å². The van der Waals surface area contributed by atoms with Crippen LogP contribution in [-0.4, -0.2) is 24.5 Å². The first kappa shape index (κ1) is 13.4. The molecule has 0 radical (unpaired) electrons. The highest BCUT2D eigenvalue weighted by Gasteiger charge is 2.59. The Kier molecular flexibility index (Phi) is 3.16. The van der Waals surface area contributed by atoms with Gasteiger partial charge in [0.05, 0.1) is 0 Å². The molecule has 0 aromatic carbocycles. The molecule has 0 saturated heterocycles. The highest BCUT2D eigenvalue weighted by molar-refractivity contribution is 5.76. The zero-order valence-corrected chi connectivity index (χ0v) is 12.6. The van der Waals surface area contributed by atoms with Crippen LogP contribution < -0.4 is 10.6 Å². The van der Waals surface area contributed by atoms with E-state index in [4.69, 9.17) is 0 Å². The Hall–Kier alpha value is -0.570. The standard InChI is InChI=1S/C16H28N2O/c1-15(2)11-6-8-16(3,10-11)14(15)18-13(19)7-9-17-12-4-5-12/h11-12,14,17H,4-10H2,1-3H3,(H,18,19). The van der Waals surface area contributed by atoms with Crippen LogP contribution in [-0.2, 0) is 4.79 Å². The molecule has 0 heterocycles. The fourth-order valence-corrected chi connectivity index (χ4v) is 4.57. The van der Waals surface area contributed by atoms with Crippen molar-refractivity contribution in [3.05, 3.63) is 0 Å². The summed E-state index contributed by atoms with van der Waals surface area (Å²) in [5.41, 5.74) is 0.611. The van der Waals surface area contributed by atoms with Gasteiger partial charge in [0, 0.05) is 25.0 Å². The lowest BCUT2D eigenvalue weighted by Gasteiger charge is -2.43. The van der Waals surface area contributed by atoms with Crippen LogP contribution >= 0.6 is 0 Å². The van der Waals surface area contributed by atoms with Gasteiger partial charge in [0.25, 0.3) is 0 Å². The van der Waals surface area contributed by atoms with E-state index in [0.29, 0.717) is 23.9 Å². The maximum absolute atomic E-state index is 12.2. The molecule has 3 rings (SSSR count). The molecule has 1 amide bonds. The Labute approximate surface area is 116 Å². The lowest BCUT2D eigenvalue weighted by Crippen LogP contribution is -2.52. The number of hydrogen-bond acceptors (Lipinski definition) is 2. The van der Waals surface area contributed by atoms with Crippen molar-refractivity contribution in [3.63, 3.8) is 0 Å². The predicted octanol–water partition coefficient (Wildman–Crippen LogP) is 2.46. The molecule has 3 aliphatic carbocycles. The summed E-state index contributed by atoms with van der Waals surface area (Å²) >= 11 is 0. The Morgan fingerprint density at radius 1 is 1.21 bits per heavy atom. The fourth-order valence-electron chi connectivity index (χ4n) is 4.57. The van der Waals surface area contributed by atoms with E-state index in [1.54, 1.807) is 0 Å². The van der Waals surface area contributed by atoms with Crippen LogP contribution in [0.2, 0.25) is 0 Å². The average Bonchev–Trinajstić information content (AvgIpc) is 3.02. The molecule has 0 aliphatic heterocycles. The van der Waals surface area contributed by atoms with Crippen molar-refractivity contribution in [3.8, 4) is 0 Å². The molecule has 3 fully saturated rings. The first-order chi connectivity index (χ1) is 8.92. The normalized spacial score (nSPS) is 39.5. The van der Waals surface area contributed by atoms with E-state index in [9.17, 15) is 4.79 Å². The van der Waals surface area contributed by atoms with Crippen LogP contribution in [0, 0.1) is 16.7 Å². The highest BCUT2D eigenvalue weighted by Crippen LogP contribution is 2.62. The molecule has 3 aliphatic rings.